The zero-order valence-corrected chi connectivity index (χ0v) is 17.2. The summed E-state index contributed by atoms with van der Waals surface area (Å²) in [6.07, 6.45) is 2.58. The molecule has 1 aliphatic rings. The molecule has 5 heteroatoms. The molecule has 0 bridgehead atoms. The van der Waals surface area contributed by atoms with Gasteiger partial charge in [-0.05, 0) is 67.6 Å². The monoisotopic (exact) mass is 394 g/mol. The maximum absolute atomic E-state index is 5.52. The van der Waals surface area contributed by atoms with Crippen molar-refractivity contribution in [3.8, 4) is 22.1 Å². The summed E-state index contributed by atoms with van der Waals surface area (Å²) in [7, 11) is 1.70. The van der Waals surface area contributed by atoms with Crippen LogP contribution in [0.3, 0.4) is 0 Å². The predicted molar refractivity (Wildman–Crippen MR) is 114 cm³/mol. The zero-order valence-electron chi connectivity index (χ0n) is 16.4. The van der Waals surface area contributed by atoms with E-state index in [0.717, 1.165) is 40.2 Å². The van der Waals surface area contributed by atoms with Crippen LogP contribution in [-0.4, -0.2) is 18.7 Å². The Bertz CT molecular complexity index is 886. The van der Waals surface area contributed by atoms with E-state index < -0.39 is 0 Å². The first-order valence-electron chi connectivity index (χ1n) is 9.82. The second-order valence-corrected chi connectivity index (χ2v) is 7.93. The Morgan fingerprint density at radius 2 is 1.79 bits per heavy atom. The molecule has 4 nitrogen and oxygen atoms in total. The van der Waals surface area contributed by atoms with Crippen molar-refractivity contribution in [3.05, 3.63) is 65.2 Å². The van der Waals surface area contributed by atoms with Gasteiger partial charge in [-0.2, -0.15) is 0 Å². The second kappa shape index (κ2) is 8.76. The summed E-state index contributed by atoms with van der Waals surface area (Å²) in [4.78, 5) is 4.82. The molecule has 0 saturated heterocycles. The molecule has 1 aliphatic carbocycles. The third-order valence-corrected chi connectivity index (χ3v) is 5.98. The van der Waals surface area contributed by atoms with Crippen LogP contribution in [0.15, 0.2) is 53.9 Å². The summed E-state index contributed by atoms with van der Waals surface area (Å²) >= 11 is 1.69. The lowest BCUT2D eigenvalue weighted by atomic mass is 10.0. The number of rotatable bonds is 9. The van der Waals surface area contributed by atoms with Gasteiger partial charge in [0.1, 0.15) is 16.5 Å². The van der Waals surface area contributed by atoms with Gasteiger partial charge in [0.05, 0.1) is 19.4 Å². The summed E-state index contributed by atoms with van der Waals surface area (Å²) in [5.41, 5.74) is 3.55. The van der Waals surface area contributed by atoms with Crippen molar-refractivity contribution < 1.29 is 9.47 Å². The molecule has 3 aromatic rings. The van der Waals surface area contributed by atoms with E-state index in [1.54, 1.807) is 18.4 Å². The van der Waals surface area contributed by atoms with Crippen LogP contribution in [0.1, 0.15) is 37.1 Å². The first-order chi connectivity index (χ1) is 13.8. The van der Waals surface area contributed by atoms with E-state index in [4.69, 9.17) is 14.5 Å². The quantitative estimate of drug-likeness (QED) is 0.523. The Morgan fingerprint density at radius 1 is 1.07 bits per heavy atom. The second-order valence-electron chi connectivity index (χ2n) is 7.07. The van der Waals surface area contributed by atoms with Crippen LogP contribution in [0.5, 0.6) is 11.5 Å². The Morgan fingerprint density at radius 3 is 2.43 bits per heavy atom. The number of ether oxygens (including phenoxy) is 2. The minimum atomic E-state index is 0.376. The maximum Gasteiger partial charge on any atom is 0.123 e. The lowest BCUT2D eigenvalue weighted by Gasteiger charge is -2.18. The van der Waals surface area contributed by atoms with Gasteiger partial charge in [0.15, 0.2) is 0 Å². The van der Waals surface area contributed by atoms with E-state index >= 15 is 0 Å². The Kier molecular flexibility index (Phi) is 5.93. The molecule has 1 heterocycles. The molecule has 1 aromatic heterocycles. The van der Waals surface area contributed by atoms with Gasteiger partial charge in [0.2, 0.25) is 0 Å². The molecule has 1 N–H and O–H groups in total. The molecule has 0 spiro atoms. The maximum atomic E-state index is 5.52. The van der Waals surface area contributed by atoms with Gasteiger partial charge in [0.25, 0.3) is 0 Å². The third-order valence-electron chi connectivity index (χ3n) is 5.04. The van der Waals surface area contributed by atoms with Gasteiger partial charge in [-0.15, -0.1) is 11.3 Å². The molecule has 0 amide bonds. The van der Waals surface area contributed by atoms with Crippen LogP contribution >= 0.6 is 11.3 Å². The molecule has 1 atom stereocenters. The van der Waals surface area contributed by atoms with Gasteiger partial charge in [0, 0.05) is 23.5 Å². The van der Waals surface area contributed by atoms with Crippen molar-refractivity contribution in [2.24, 2.45) is 5.92 Å². The lowest BCUT2D eigenvalue weighted by Crippen LogP contribution is -2.22. The minimum Gasteiger partial charge on any atom is -0.497 e. The zero-order chi connectivity index (χ0) is 19.3. The van der Waals surface area contributed by atoms with Gasteiger partial charge in [-0.1, -0.05) is 12.1 Å². The molecule has 2 aromatic carbocycles. The number of benzene rings is 2. The molecular weight excluding hydrogens is 368 g/mol. The van der Waals surface area contributed by atoms with Gasteiger partial charge in [-0.25, -0.2) is 4.98 Å². The third kappa shape index (κ3) is 4.54. The fourth-order valence-corrected chi connectivity index (χ4v) is 4.22. The number of hydrogen-bond donors (Lipinski definition) is 1. The van der Waals surface area contributed by atoms with Crippen molar-refractivity contribution in [2.75, 3.05) is 13.7 Å². The molecule has 4 rings (SSSR count). The van der Waals surface area contributed by atoms with E-state index in [9.17, 15) is 0 Å². The van der Waals surface area contributed by atoms with Crippen LogP contribution in [-0.2, 0) is 6.54 Å². The number of hydrogen-bond acceptors (Lipinski definition) is 5. The van der Waals surface area contributed by atoms with Crippen molar-refractivity contribution in [1.82, 2.24) is 10.3 Å². The topological polar surface area (TPSA) is 43.4 Å². The Hall–Kier alpha value is -2.37. The summed E-state index contributed by atoms with van der Waals surface area (Å²) in [5.74, 6) is 2.52. The van der Waals surface area contributed by atoms with E-state index in [0.29, 0.717) is 12.6 Å². The van der Waals surface area contributed by atoms with Crippen molar-refractivity contribution in [3.63, 3.8) is 0 Å². The molecular formula is C23H26N2O2S. The average Bonchev–Trinajstić information content (AvgIpc) is 3.46. The molecule has 0 aliphatic heterocycles. The van der Waals surface area contributed by atoms with Crippen molar-refractivity contribution in [1.29, 1.82) is 0 Å². The highest BCUT2D eigenvalue weighted by Gasteiger charge is 2.32. The fourth-order valence-electron chi connectivity index (χ4n) is 3.39. The Balaban J connectivity index is 1.41. The minimum absolute atomic E-state index is 0.376. The van der Waals surface area contributed by atoms with Crippen molar-refractivity contribution in [2.45, 2.75) is 32.4 Å². The van der Waals surface area contributed by atoms with E-state index in [2.05, 4.69) is 35.0 Å². The SMILES string of the molecule is CCOc1ccc(-c2nc(CNC(c3ccc(OC)cc3)C3CC3)cs2)cc1. The normalized spacial score (nSPS) is 14.6. The van der Waals surface area contributed by atoms with Gasteiger partial charge >= 0.3 is 0 Å². The molecule has 146 valence electrons. The van der Waals surface area contributed by atoms with Crippen LogP contribution < -0.4 is 14.8 Å². The molecule has 1 saturated carbocycles. The average molecular weight is 395 g/mol. The number of aromatic nitrogens is 1. The summed E-state index contributed by atoms with van der Waals surface area (Å²) in [6, 6.07) is 17.0. The van der Waals surface area contributed by atoms with Crippen molar-refractivity contribution >= 4 is 11.3 Å². The number of nitrogens with one attached hydrogen (secondary N) is 1. The highest BCUT2D eigenvalue weighted by atomic mass is 32.1. The van der Waals surface area contributed by atoms with Gasteiger partial charge < -0.3 is 14.8 Å². The van der Waals surface area contributed by atoms with Crippen LogP contribution in [0.25, 0.3) is 10.6 Å². The predicted octanol–water partition coefficient (Wildman–Crippen LogP) is 5.46. The largest absolute Gasteiger partial charge is 0.497 e. The molecule has 28 heavy (non-hydrogen) atoms. The Labute approximate surface area is 170 Å². The van der Waals surface area contributed by atoms with E-state index in [-0.39, 0.29) is 0 Å². The highest BCUT2D eigenvalue weighted by Crippen LogP contribution is 2.41. The van der Waals surface area contributed by atoms with E-state index in [1.165, 1.54) is 18.4 Å². The van der Waals surface area contributed by atoms with Crippen LogP contribution in [0.2, 0.25) is 0 Å². The number of thiazole rings is 1. The first kappa shape index (κ1) is 19.0. The summed E-state index contributed by atoms with van der Waals surface area (Å²) in [6.45, 7) is 3.46. The first-order valence-corrected chi connectivity index (χ1v) is 10.7. The summed E-state index contributed by atoms with van der Waals surface area (Å²) < 4.78 is 10.8. The smallest absolute Gasteiger partial charge is 0.123 e. The van der Waals surface area contributed by atoms with Crippen LogP contribution in [0.4, 0.5) is 0 Å². The molecule has 1 unspecified atom stereocenters. The highest BCUT2D eigenvalue weighted by molar-refractivity contribution is 7.13. The lowest BCUT2D eigenvalue weighted by molar-refractivity contribution is 0.340. The molecule has 0 radical (unpaired) electrons. The number of nitrogens with zero attached hydrogens (tertiary/aromatic N) is 1. The standard InChI is InChI=1S/C23H26N2O2S/c1-3-27-21-12-8-18(9-13-21)23-25-19(15-28-23)14-24-22(16-4-5-16)17-6-10-20(26-2)11-7-17/h6-13,15-16,22,24H,3-5,14H2,1-2H3. The number of methoxy groups -OCH3 is 1. The summed E-state index contributed by atoms with van der Waals surface area (Å²) in [5, 5.41) is 6.92. The van der Waals surface area contributed by atoms with Gasteiger partial charge in [-0.3, -0.25) is 0 Å². The van der Waals surface area contributed by atoms with E-state index in [1.807, 2.05) is 31.2 Å². The fraction of sp³-hybridized carbons (Fsp3) is 0.348. The van der Waals surface area contributed by atoms with Crippen LogP contribution in [0, 0.1) is 5.92 Å². The molecule has 1 fully saturated rings.